The Morgan fingerprint density at radius 2 is 2.00 bits per heavy atom. The number of hydrogen-bond donors (Lipinski definition) is 0. The second kappa shape index (κ2) is 7.14. The molecule has 0 heterocycles. The van der Waals surface area contributed by atoms with Gasteiger partial charge in [-0.3, -0.25) is 0 Å². The maximum Gasteiger partial charge on any atom is 0.119 e. The molecule has 0 aliphatic carbocycles. The molecule has 0 amide bonds. The van der Waals surface area contributed by atoms with Crippen LogP contribution in [0.4, 0.5) is 0 Å². The molecule has 0 saturated heterocycles. The Morgan fingerprint density at radius 1 is 1.29 bits per heavy atom. The Hall–Kier alpha value is -2.20. The predicted molar refractivity (Wildman–Crippen MR) is 73.0 cm³/mol. The first-order valence-corrected chi connectivity index (χ1v) is 5.39. The van der Waals surface area contributed by atoms with Gasteiger partial charge >= 0.3 is 0 Å². The molecule has 17 heavy (non-hydrogen) atoms. The molecule has 0 radical (unpaired) electrons. The fraction of sp³-hybridized carbons (Fsp3) is 0.125. The third-order valence-electron chi connectivity index (χ3n) is 2.23. The molecule has 0 aliphatic rings. The lowest BCUT2D eigenvalue weighted by Gasteiger charge is -2.06. The maximum atomic E-state index is 5.61. The summed E-state index contributed by atoms with van der Waals surface area (Å²) in [5.74, 6) is 3.43. The third-order valence-corrected chi connectivity index (χ3v) is 2.23. The van der Waals surface area contributed by atoms with E-state index in [1.54, 1.807) is 12.2 Å². The van der Waals surface area contributed by atoms with E-state index in [0.29, 0.717) is 13.0 Å². The maximum absolute atomic E-state index is 5.61. The second-order valence-corrected chi connectivity index (χ2v) is 3.49. The Morgan fingerprint density at radius 3 is 2.53 bits per heavy atom. The zero-order chi connectivity index (χ0) is 12.5. The summed E-state index contributed by atoms with van der Waals surface area (Å²) in [4.78, 5) is 0. The summed E-state index contributed by atoms with van der Waals surface area (Å²) in [6.45, 7) is 7.84. The monoisotopic (exact) mass is 224 g/mol. The van der Waals surface area contributed by atoms with Crippen LogP contribution in [0.3, 0.4) is 0 Å². The Balaban J connectivity index is 2.58. The molecule has 0 saturated carbocycles. The molecule has 0 atom stereocenters. The van der Waals surface area contributed by atoms with Crippen LogP contribution in [0, 0.1) is 12.3 Å². The summed E-state index contributed by atoms with van der Waals surface area (Å²) in [5, 5.41) is 0. The summed E-state index contributed by atoms with van der Waals surface area (Å²) in [6, 6.07) is 7.78. The highest BCUT2D eigenvalue weighted by molar-refractivity contribution is 5.30. The van der Waals surface area contributed by atoms with Gasteiger partial charge in [-0.15, -0.1) is 12.3 Å². The number of ether oxygens (including phenoxy) is 1. The summed E-state index contributed by atoms with van der Waals surface area (Å²) in [6.07, 6.45) is 11.2. The Labute approximate surface area is 103 Å². The first kappa shape index (κ1) is 12.9. The van der Waals surface area contributed by atoms with Crippen molar-refractivity contribution in [1.82, 2.24) is 0 Å². The van der Waals surface area contributed by atoms with Gasteiger partial charge in [-0.2, -0.15) is 0 Å². The van der Waals surface area contributed by atoms with Crippen LogP contribution in [0.5, 0.6) is 5.75 Å². The number of benzene rings is 1. The van der Waals surface area contributed by atoms with Crippen molar-refractivity contribution >= 4 is 0 Å². The highest BCUT2D eigenvalue weighted by Crippen LogP contribution is 2.13. The summed E-state index contributed by atoms with van der Waals surface area (Å²) in [7, 11) is 0. The molecule has 0 fully saturated rings. The highest BCUT2D eigenvalue weighted by Gasteiger charge is 1.96. The van der Waals surface area contributed by atoms with E-state index in [9.17, 15) is 0 Å². The van der Waals surface area contributed by atoms with Crippen LogP contribution in [0.15, 0.2) is 61.2 Å². The fourth-order valence-corrected chi connectivity index (χ4v) is 1.31. The fourth-order valence-electron chi connectivity index (χ4n) is 1.31. The van der Waals surface area contributed by atoms with E-state index >= 15 is 0 Å². The van der Waals surface area contributed by atoms with Gasteiger partial charge in [0.05, 0.1) is 0 Å². The van der Waals surface area contributed by atoms with Gasteiger partial charge in [-0.05, 0) is 23.3 Å². The van der Waals surface area contributed by atoms with Crippen LogP contribution >= 0.6 is 0 Å². The van der Waals surface area contributed by atoms with Crippen molar-refractivity contribution in [2.24, 2.45) is 0 Å². The van der Waals surface area contributed by atoms with Crippen molar-refractivity contribution in [2.75, 3.05) is 6.61 Å². The first-order chi connectivity index (χ1) is 8.30. The van der Waals surface area contributed by atoms with Gasteiger partial charge in [0.25, 0.3) is 0 Å². The smallest absolute Gasteiger partial charge is 0.119 e. The van der Waals surface area contributed by atoms with E-state index in [-0.39, 0.29) is 0 Å². The SMILES string of the molecule is C#CCc1ccc(OC/C(C=C)=C/C=C)cc1. The Kier molecular flexibility index (Phi) is 5.40. The largest absolute Gasteiger partial charge is 0.489 e. The van der Waals surface area contributed by atoms with Crippen molar-refractivity contribution in [3.05, 3.63) is 66.8 Å². The lowest BCUT2D eigenvalue weighted by atomic mass is 10.1. The average Bonchev–Trinajstić information content (AvgIpc) is 2.36. The second-order valence-electron chi connectivity index (χ2n) is 3.49. The third kappa shape index (κ3) is 4.44. The van der Waals surface area contributed by atoms with Gasteiger partial charge in [-0.1, -0.05) is 43.5 Å². The molecule has 1 nitrogen and oxygen atoms in total. The minimum Gasteiger partial charge on any atom is -0.489 e. The summed E-state index contributed by atoms with van der Waals surface area (Å²) < 4.78 is 5.61. The van der Waals surface area contributed by atoms with Crippen LogP contribution in [0.1, 0.15) is 5.56 Å². The molecule has 1 heteroatoms. The normalized spacial score (nSPS) is 10.4. The highest BCUT2D eigenvalue weighted by atomic mass is 16.5. The van der Waals surface area contributed by atoms with Gasteiger partial charge < -0.3 is 4.74 Å². The summed E-state index contributed by atoms with van der Waals surface area (Å²) in [5.41, 5.74) is 2.11. The first-order valence-electron chi connectivity index (χ1n) is 5.39. The number of hydrogen-bond acceptors (Lipinski definition) is 1. The number of terminal acetylenes is 1. The molecule has 0 aliphatic heterocycles. The lowest BCUT2D eigenvalue weighted by molar-refractivity contribution is 0.355. The van der Waals surface area contributed by atoms with E-state index in [2.05, 4.69) is 19.1 Å². The van der Waals surface area contributed by atoms with E-state index in [4.69, 9.17) is 11.2 Å². The van der Waals surface area contributed by atoms with E-state index < -0.39 is 0 Å². The zero-order valence-electron chi connectivity index (χ0n) is 9.86. The predicted octanol–water partition coefficient (Wildman–Crippen LogP) is 3.54. The molecule has 0 N–H and O–H groups in total. The van der Waals surface area contributed by atoms with Crippen molar-refractivity contribution in [1.29, 1.82) is 0 Å². The minimum atomic E-state index is 0.490. The van der Waals surface area contributed by atoms with Gasteiger partial charge in [0.1, 0.15) is 12.4 Å². The zero-order valence-corrected chi connectivity index (χ0v) is 9.86. The van der Waals surface area contributed by atoms with Crippen LogP contribution in [0.2, 0.25) is 0 Å². The van der Waals surface area contributed by atoms with Gasteiger partial charge in [0.2, 0.25) is 0 Å². The molecule has 0 spiro atoms. The minimum absolute atomic E-state index is 0.490. The van der Waals surface area contributed by atoms with E-state index in [0.717, 1.165) is 16.9 Å². The van der Waals surface area contributed by atoms with Gasteiger partial charge in [0.15, 0.2) is 0 Å². The average molecular weight is 224 g/mol. The quantitative estimate of drug-likeness (QED) is 0.530. The van der Waals surface area contributed by atoms with E-state index in [1.165, 1.54) is 0 Å². The molecular weight excluding hydrogens is 208 g/mol. The van der Waals surface area contributed by atoms with Crippen molar-refractivity contribution in [3.8, 4) is 18.1 Å². The van der Waals surface area contributed by atoms with Crippen molar-refractivity contribution in [3.63, 3.8) is 0 Å². The standard InChI is InChI=1S/C16H16O/c1-4-7-14(6-3)13-17-16-11-9-15(8-5-2)10-12-16/h2,4,6-7,9-12H,1,3,8,13H2/b14-7+. The Bertz CT molecular complexity index is 443. The molecule has 86 valence electrons. The molecule has 1 aromatic rings. The molecular formula is C16H16O. The molecule has 0 aromatic heterocycles. The van der Waals surface area contributed by atoms with Crippen LogP contribution in [-0.2, 0) is 6.42 Å². The van der Waals surface area contributed by atoms with Crippen molar-refractivity contribution < 1.29 is 4.74 Å². The van der Waals surface area contributed by atoms with Crippen LogP contribution < -0.4 is 4.74 Å². The number of rotatable bonds is 6. The van der Waals surface area contributed by atoms with Gasteiger partial charge in [0, 0.05) is 6.42 Å². The van der Waals surface area contributed by atoms with E-state index in [1.807, 2.05) is 30.3 Å². The molecule has 1 aromatic carbocycles. The van der Waals surface area contributed by atoms with Crippen molar-refractivity contribution in [2.45, 2.75) is 6.42 Å². The van der Waals surface area contributed by atoms with Gasteiger partial charge in [-0.25, -0.2) is 0 Å². The summed E-state index contributed by atoms with van der Waals surface area (Å²) >= 11 is 0. The number of allylic oxidation sites excluding steroid dienone is 2. The molecule has 0 unspecified atom stereocenters. The topological polar surface area (TPSA) is 9.23 Å². The van der Waals surface area contributed by atoms with Crippen LogP contribution in [0.25, 0.3) is 0 Å². The molecule has 1 rings (SSSR count). The lowest BCUT2D eigenvalue weighted by Crippen LogP contribution is -1.99. The molecule has 0 bridgehead atoms. The van der Waals surface area contributed by atoms with Crippen LogP contribution in [-0.4, -0.2) is 6.61 Å².